The van der Waals surface area contributed by atoms with Gasteiger partial charge < -0.3 is 5.32 Å². The van der Waals surface area contributed by atoms with Crippen molar-refractivity contribution in [1.29, 1.82) is 0 Å². The van der Waals surface area contributed by atoms with Gasteiger partial charge in [-0.25, -0.2) is 0 Å². The minimum Gasteiger partial charge on any atom is -0.309 e. The first-order chi connectivity index (χ1) is 10.1. The fraction of sp³-hybridized carbons (Fsp3) is 0.706. The molecule has 0 amide bonds. The molecule has 0 fully saturated rings. The summed E-state index contributed by atoms with van der Waals surface area (Å²) >= 11 is 12.3. The van der Waals surface area contributed by atoms with Gasteiger partial charge in [-0.15, -0.1) is 0 Å². The number of hydrogen-bond donors (Lipinski definition) is 1. The number of unbranched alkanes of at least 4 members (excludes halogenated alkanes) is 1. The molecule has 1 aromatic heterocycles. The van der Waals surface area contributed by atoms with E-state index in [1.54, 1.807) is 12.3 Å². The van der Waals surface area contributed by atoms with Crippen LogP contribution in [0.4, 0.5) is 0 Å². The molecule has 2 nitrogen and oxygen atoms in total. The Bertz CT molecular complexity index is 410. The smallest absolute Gasteiger partial charge is 0.0760 e. The van der Waals surface area contributed by atoms with E-state index in [0.717, 1.165) is 25.1 Å². The summed E-state index contributed by atoms with van der Waals surface area (Å²) in [7, 11) is 0. The van der Waals surface area contributed by atoms with Gasteiger partial charge in [-0.05, 0) is 31.4 Å². The number of rotatable bonds is 10. The van der Waals surface area contributed by atoms with Gasteiger partial charge in [-0.1, -0.05) is 69.7 Å². The van der Waals surface area contributed by atoms with Crippen molar-refractivity contribution in [2.75, 3.05) is 6.54 Å². The molecule has 21 heavy (non-hydrogen) atoms. The largest absolute Gasteiger partial charge is 0.309 e. The van der Waals surface area contributed by atoms with Gasteiger partial charge in [-0.2, -0.15) is 0 Å². The zero-order valence-electron chi connectivity index (χ0n) is 13.5. The second-order valence-electron chi connectivity index (χ2n) is 5.68. The van der Waals surface area contributed by atoms with Gasteiger partial charge in [-0.3, -0.25) is 4.98 Å². The van der Waals surface area contributed by atoms with Crippen LogP contribution in [0.2, 0.25) is 10.0 Å². The standard InChI is InChI=1S/C17H28Cl2N2/c1-4-7-8-13(6-3)10-16(20-9-5-2)17-15(19)11-14(18)12-21-17/h11-13,16,20H,4-10H2,1-3H3. The van der Waals surface area contributed by atoms with Gasteiger partial charge in [0.05, 0.1) is 21.8 Å². The first-order valence-corrected chi connectivity index (χ1v) is 8.92. The Morgan fingerprint density at radius 1 is 1.19 bits per heavy atom. The Morgan fingerprint density at radius 2 is 1.95 bits per heavy atom. The monoisotopic (exact) mass is 330 g/mol. The highest BCUT2D eigenvalue weighted by Crippen LogP contribution is 2.30. The van der Waals surface area contributed by atoms with E-state index in [1.165, 1.54) is 25.7 Å². The molecule has 2 atom stereocenters. The summed E-state index contributed by atoms with van der Waals surface area (Å²) in [5.41, 5.74) is 0.935. The minimum atomic E-state index is 0.219. The highest BCUT2D eigenvalue weighted by atomic mass is 35.5. The van der Waals surface area contributed by atoms with E-state index < -0.39 is 0 Å². The van der Waals surface area contributed by atoms with E-state index in [0.29, 0.717) is 16.0 Å². The molecule has 0 aliphatic carbocycles. The lowest BCUT2D eigenvalue weighted by Crippen LogP contribution is -2.25. The van der Waals surface area contributed by atoms with Crippen molar-refractivity contribution in [1.82, 2.24) is 10.3 Å². The van der Waals surface area contributed by atoms with Crippen LogP contribution in [0.15, 0.2) is 12.3 Å². The van der Waals surface area contributed by atoms with Crippen LogP contribution in [0.3, 0.4) is 0 Å². The lowest BCUT2D eigenvalue weighted by Gasteiger charge is -2.24. The maximum absolute atomic E-state index is 6.35. The van der Waals surface area contributed by atoms with Crippen molar-refractivity contribution in [3.63, 3.8) is 0 Å². The number of pyridine rings is 1. The molecule has 0 aliphatic heterocycles. The first-order valence-electron chi connectivity index (χ1n) is 8.16. The third kappa shape index (κ3) is 6.54. The van der Waals surface area contributed by atoms with Gasteiger partial charge in [0.15, 0.2) is 0 Å². The summed E-state index contributed by atoms with van der Waals surface area (Å²) in [5, 5.41) is 4.86. The molecule has 1 heterocycles. The maximum Gasteiger partial charge on any atom is 0.0760 e. The predicted molar refractivity (Wildman–Crippen MR) is 93.2 cm³/mol. The molecule has 1 aromatic rings. The Labute approximate surface area is 139 Å². The van der Waals surface area contributed by atoms with E-state index >= 15 is 0 Å². The highest BCUT2D eigenvalue weighted by molar-refractivity contribution is 6.34. The lowest BCUT2D eigenvalue weighted by atomic mass is 9.90. The average molecular weight is 331 g/mol. The van der Waals surface area contributed by atoms with Gasteiger partial charge in [0, 0.05) is 6.20 Å². The van der Waals surface area contributed by atoms with Crippen molar-refractivity contribution in [2.24, 2.45) is 5.92 Å². The maximum atomic E-state index is 6.35. The van der Waals surface area contributed by atoms with Gasteiger partial charge in [0.25, 0.3) is 0 Å². The average Bonchev–Trinajstić information content (AvgIpc) is 2.47. The van der Waals surface area contributed by atoms with Crippen molar-refractivity contribution in [3.8, 4) is 0 Å². The van der Waals surface area contributed by atoms with Crippen LogP contribution in [-0.4, -0.2) is 11.5 Å². The number of nitrogens with one attached hydrogen (secondary N) is 1. The lowest BCUT2D eigenvalue weighted by molar-refractivity contribution is 0.350. The van der Waals surface area contributed by atoms with Crippen LogP contribution in [0.1, 0.15) is 71.0 Å². The number of hydrogen-bond acceptors (Lipinski definition) is 2. The fourth-order valence-electron chi connectivity index (χ4n) is 2.61. The van der Waals surface area contributed by atoms with E-state index in [2.05, 4.69) is 31.1 Å². The topological polar surface area (TPSA) is 24.9 Å². The zero-order chi connectivity index (χ0) is 15.7. The molecule has 1 N–H and O–H groups in total. The van der Waals surface area contributed by atoms with Crippen molar-refractivity contribution < 1.29 is 0 Å². The second kappa shape index (κ2) is 10.4. The zero-order valence-corrected chi connectivity index (χ0v) is 15.0. The van der Waals surface area contributed by atoms with E-state index in [-0.39, 0.29) is 6.04 Å². The Morgan fingerprint density at radius 3 is 2.52 bits per heavy atom. The molecule has 0 aromatic carbocycles. The third-order valence-electron chi connectivity index (χ3n) is 3.92. The minimum absolute atomic E-state index is 0.219. The summed E-state index contributed by atoms with van der Waals surface area (Å²) in [4.78, 5) is 4.47. The van der Waals surface area contributed by atoms with Crippen LogP contribution >= 0.6 is 23.2 Å². The van der Waals surface area contributed by atoms with Crippen LogP contribution in [0.25, 0.3) is 0 Å². The third-order valence-corrected chi connectivity index (χ3v) is 4.43. The Kier molecular flexibility index (Phi) is 9.30. The van der Waals surface area contributed by atoms with E-state index in [4.69, 9.17) is 23.2 Å². The molecule has 1 rings (SSSR count). The van der Waals surface area contributed by atoms with Crippen LogP contribution in [0, 0.1) is 5.92 Å². The van der Waals surface area contributed by atoms with Gasteiger partial charge in [0.2, 0.25) is 0 Å². The molecule has 0 saturated heterocycles. The normalized spacial score (nSPS) is 14.1. The van der Waals surface area contributed by atoms with Crippen LogP contribution in [-0.2, 0) is 0 Å². The molecule has 2 unspecified atom stereocenters. The molecular formula is C17H28Cl2N2. The summed E-state index contributed by atoms with van der Waals surface area (Å²) in [6.45, 7) is 7.68. The molecule has 0 saturated carbocycles. The SMILES string of the molecule is CCCCC(CC)CC(NCCC)c1ncc(Cl)cc1Cl. The van der Waals surface area contributed by atoms with Crippen molar-refractivity contribution in [2.45, 2.75) is 65.3 Å². The summed E-state index contributed by atoms with van der Waals surface area (Å²) < 4.78 is 0. The molecule has 120 valence electrons. The predicted octanol–water partition coefficient (Wildman–Crippen LogP) is 6.04. The number of nitrogens with zero attached hydrogens (tertiary/aromatic N) is 1. The first kappa shape index (κ1) is 18.7. The molecule has 4 heteroatoms. The molecule has 0 aliphatic rings. The molecule has 0 bridgehead atoms. The summed E-state index contributed by atoms with van der Waals surface area (Å²) in [5.74, 6) is 0.716. The summed E-state index contributed by atoms with van der Waals surface area (Å²) in [6, 6.07) is 2.01. The highest BCUT2D eigenvalue weighted by Gasteiger charge is 2.20. The molecule has 0 radical (unpaired) electrons. The second-order valence-corrected chi connectivity index (χ2v) is 6.52. The van der Waals surface area contributed by atoms with Crippen LogP contribution < -0.4 is 5.32 Å². The number of aromatic nitrogens is 1. The molecule has 0 spiro atoms. The van der Waals surface area contributed by atoms with E-state index in [1.807, 2.05) is 0 Å². The van der Waals surface area contributed by atoms with Gasteiger partial charge in [0.1, 0.15) is 0 Å². The number of halogens is 2. The molecular weight excluding hydrogens is 303 g/mol. The summed E-state index contributed by atoms with van der Waals surface area (Å²) in [6.07, 6.45) is 8.91. The van der Waals surface area contributed by atoms with Crippen molar-refractivity contribution >= 4 is 23.2 Å². The van der Waals surface area contributed by atoms with Gasteiger partial charge >= 0.3 is 0 Å². The van der Waals surface area contributed by atoms with Crippen molar-refractivity contribution in [3.05, 3.63) is 28.0 Å². The Balaban J connectivity index is 2.83. The quantitative estimate of drug-likeness (QED) is 0.566. The fourth-order valence-corrected chi connectivity index (χ4v) is 3.12. The van der Waals surface area contributed by atoms with Crippen LogP contribution in [0.5, 0.6) is 0 Å². The Hall–Kier alpha value is -0.310. The van der Waals surface area contributed by atoms with E-state index in [9.17, 15) is 0 Å².